The fourth-order valence-corrected chi connectivity index (χ4v) is 2.08. The first kappa shape index (κ1) is 14.0. The van der Waals surface area contributed by atoms with Crippen molar-refractivity contribution in [3.05, 3.63) is 57.8 Å². The summed E-state index contributed by atoms with van der Waals surface area (Å²) >= 11 is 8.26. The molecule has 0 fully saturated rings. The maximum atomic E-state index is 13.7. The van der Waals surface area contributed by atoms with Crippen molar-refractivity contribution in [2.24, 2.45) is 5.73 Å². The second-order valence-corrected chi connectivity index (χ2v) is 5.28. The highest BCUT2D eigenvalue weighted by atomic mass is 79.9. The molecule has 0 saturated heterocycles. The van der Waals surface area contributed by atoms with E-state index in [9.17, 15) is 4.39 Å². The van der Waals surface area contributed by atoms with Crippen LogP contribution in [0.15, 0.2) is 40.9 Å². The summed E-state index contributed by atoms with van der Waals surface area (Å²) in [7, 11) is 0. The van der Waals surface area contributed by atoms with Gasteiger partial charge in [-0.05, 0) is 42.8 Å². The van der Waals surface area contributed by atoms with Crippen LogP contribution >= 0.6 is 28.1 Å². The molecule has 0 bridgehead atoms. The normalized spacial score (nSPS) is 10.3. The molecule has 0 amide bonds. The van der Waals surface area contributed by atoms with E-state index in [-0.39, 0.29) is 10.6 Å². The molecule has 0 unspecified atom stereocenters. The Morgan fingerprint density at radius 1 is 1.32 bits per heavy atom. The molecule has 0 spiro atoms. The lowest BCUT2D eigenvalue weighted by Crippen LogP contribution is -2.13. The molecule has 0 radical (unpaired) electrons. The molecule has 2 aromatic rings. The van der Waals surface area contributed by atoms with Gasteiger partial charge in [-0.1, -0.05) is 34.2 Å². The van der Waals surface area contributed by atoms with Gasteiger partial charge in [-0.3, -0.25) is 0 Å². The van der Waals surface area contributed by atoms with Gasteiger partial charge in [0, 0.05) is 4.47 Å². The highest BCUT2D eigenvalue weighted by Crippen LogP contribution is 2.29. The molecule has 0 aliphatic rings. The zero-order valence-electron chi connectivity index (χ0n) is 10.1. The third kappa shape index (κ3) is 3.11. The van der Waals surface area contributed by atoms with Gasteiger partial charge in [0.05, 0.1) is 5.56 Å². The summed E-state index contributed by atoms with van der Waals surface area (Å²) in [5.41, 5.74) is 6.67. The topological polar surface area (TPSA) is 35.2 Å². The molecular formula is C14H11BrFNOS. The number of benzene rings is 2. The lowest BCUT2D eigenvalue weighted by atomic mass is 10.2. The minimum absolute atomic E-state index is 0.0260. The van der Waals surface area contributed by atoms with Crippen LogP contribution in [0.4, 0.5) is 4.39 Å². The third-order valence-electron chi connectivity index (χ3n) is 2.58. The predicted molar refractivity (Wildman–Crippen MR) is 81.2 cm³/mol. The lowest BCUT2D eigenvalue weighted by Gasteiger charge is -2.11. The molecule has 2 nitrogen and oxygen atoms in total. The number of aryl methyl sites for hydroxylation is 1. The highest BCUT2D eigenvalue weighted by molar-refractivity contribution is 9.10. The molecule has 2 rings (SSSR count). The van der Waals surface area contributed by atoms with E-state index in [1.807, 2.05) is 19.1 Å². The van der Waals surface area contributed by atoms with Crippen LogP contribution in [0.3, 0.4) is 0 Å². The minimum atomic E-state index is -0.487. The molecule has 0 heterocycles. The van der Waals surface area contributed by atoms with Crippen molar-refractivity contribution in [1.82, 2.24) is 0 Å². The zero-order chi connectivity index (χ0) is 14.0. The van der Waals surface area contributed by atoms with E-state index in [0.29, 0.717) is 11.5 Å². The number of hydrogen-bond donors (Lipinski definition) is 1. The molecular weight excluding hydrogens is 329 g/mol. The van der Waals surface area contributed by atoms with Crippen molar-refractivity contribution in [1.29, 1.82) is 0 Å². The first-order valence-electron chi connectivity index (χ1n) is 5.51. The van der Waals surface area contributed by atoms with Crippen molar-refractivity contribution >= 4 is 33.1 Å². The van der Waals surface area contributed by atoms with Crippen LogP contribution in [-0.2, 0) is 0 Å². The van der Waals surface area contributed by atoms with E-state index in [4.69, 9.17) is 22.7 Å². The molecule has 19 heavy (non-hydrogen) atoms. The van der Waals surface area contributed by atoms with Crippen LogP contribution in [0.25, 0.3) is 0 Å². The van der Waals surface area contributed by atoms with Crippen LogP contribution < -0.4 is 10.5 Å². The van der Waals surface area contributed by atoms with E-state index in [2.05, 4.69) is 15.9 Å². The maximum absolute atomic E-state index is 13.7. The molecule has 0 aliphatic carbocycles. The third-order valence-corrected chi connectivity index (χ3v) is 3.67. The summed E-state index contributed by atoms with van der Waals surface area (Å²) in [6, 6.07) is 9.98. The van der Waals surface area contributed by atoms with Gasteiger partial charge in [0.2, 0.25) is 0 Å². The van der Waals surface area contributed by atoms with Crippen molar-refractivity contribution in [2.45, 2.75) is 6.92 Å². The Hall–Kier alpha value is -1.46. The second kappa shape index (κ2) is 5.67. The first-order valence-corrected chi connectivity index (χ1v) is 6.71. The molecule has 2 N–H and O–H groups in total. The summed E-state index contributed by atoms with van der Waals surface area (Å²) in [6.07, 6.45) is 0. The van der Waals surface area contributed by atoms with E-state index in [1.165, 1.54) is 6.07 Å². The summed E-state index contributed by atoms with van der Waals surface area (Å²) in [6.45, 7) is 1.94. The van der Waals surface area contributed by atoms with E-state index in [1.54, 1.807) is 18.2 Å². The van der Waals surface area contributed by atoms with Gasteiger partial charge in [0.15, 0.2) is 0 Å². The van der Waals surface area contributed by atoms with Crippen molar-refractivity contribution < 1.29 is 9.13 Å². The molecule has 0 aromatic heterocycles. The highest BCUT2D eigenvalue weighted by Gasteiger charge is 2.13. The molecule has 0 aliphatic heterocycles. The summed E-state index contributed by atoms with van der Waals surface area (Å²) in [5.74, 6) is 0.428. The summed E-state index contributed by atoms with van der Waals surface area (Å²) < 4.78 is 20.3. The number of nitrogens with two attached hydrogens (primary N) is 1. The molecule has 98 valence electrons. The number of rotatable bonds is 3. The monoisotopic (exact) mass is 339 g/mol. The zero-order valence-corrected chi connectivity index (χ0v) is 12.5. The van der Waals surface area contributed by atoms with E-state index >= 15 is 0 Å². The van der Waals surface area contributed by atoms with Gasteiger partial charge in [0.25, 0.3) is 0 Å². The van der Waals surface area contributed by atoms with Gasteiger partial charge in [-0.2, -0.15) is 0 Å². The Labute approximate surface area is 124 Å². The first-order chi connectivity index (χ1) is 8.99. The number of thiocarbonyl (C=S) groups is 1. The minimum Gasteiger partial charge on any atom is -0.457 e. The van der Waals surface area contributed by atoms with Crippen molar-refractivity contribution in [2.75, 3.05) is 0 Å². The van der Waals surface area contributed by atoms with Gasteiger partial charge >= 0.3 is 0 Å². The van der Waals surface area contributed by atoms with Gasteiger partial charge in [-0.25, -0.2) is 4.39 Å². The largest absolute Gasteiger partial charge is 0.457 e. The SMILES string of the molecule is Cc1cc(Oc2cccc(F)c2C(N)=S)ccc1Br. The molecule has 0 saturated carbocycles. The van der Waals surface area contributed by atoms with Crippen LogP contribution in [0, 0.1) is 12.7 Å². The number of ether oxygens (including phenoxy) is 1. The van der Waals surface area contributed by atoms with E-state index < -0.39 is 5.82 Å². The smallest absolute Gasteiger partial charge is 0.140 e. The Morgan fingerprint density at radius 2 is 2.05 bits per heavy atom. The van der Waals surface area contributed by atoms with Gasteiger partial charge in [-0.15, -0.1) is 0 Å². The Kier molecular flexibility index (Phi) is 4.17. The van der Waals surface area contributed by atoms with E-state index in [0.717, 1.165) is 10.0 Å². The fraction of sp³-hybridized carbons (Fsp3) is 0.0714. The Morgan fingerprint density at radius 3 is 2.68 bits per heavy atom. The molecule has 5 heteroatoms. The number of hydrogen-bond acceptors (Lipinski definition) is 2. The number of halogens is 2. The summed E-state index contributed by atoms with van der Waals surface area (Å²) in [5, 5.41) is 0. The summed E-state index contributed by atoms with van der Waals surface area (Å²) in [4.78, 5) is -0.0260. The van der Waals surface area contributed by atoms with Crippen LogP contribution in [0.2, 0.25) is 0 Å². The van der Waals surface area contributed by atoms with Crippen molar-refractivity contribution in [3.8, 4) is 11.5 Å². The van der Waals surface area contributed by atoms with Crippen LogP contribution in [0.1, 0.15) is 11.1 Å². The van der Waals surface area contributed by atoms with Crippen LogP contribution in [-0.4, -0.2) is 4.99 Å². The Balaban J connectivity index is 2.40. The fourth-order valence-electron chi connectivity index (χ4n) is 1.64. The molecule has 0 atom stereocenters. The molecule has 2 aromatic carbocycles. The average molecular weight is 340 g/mol. The quantitative estimate of drug-likeness (QED) is 0.845. The van der Waals surface area contributed by atoms with Crippen LogP contribution in [0.5, 0.6) is 11.5 Å². The second-order valence-electron chi connectivity index (χ2n) is 3.99. The maximum Gasteiger partial charge on any atom is 0.140 e. The standard InChI is InChI=1S/C14H11BrFNOS/c1-8-7-9(5-6-10(8)15)18-12-4-2-3-11(16)13(12)14(17)19/h2-7H,1H3,(H2,17,19). The van der Waals surface area contributed by atoms with Gasteiger partial charge in [0.1, 0.15) is 22.3 Å². The van der Waals surface area contributed by atoms with Crippen molar-refractivity contribution in [3.63, 3.8) is 0 Å². The van der Waals surface area contributed by atoms with Gasteiger partial charge < -0.3 is 10.5 Å². The predicted octanol–water partition coefficient (Wildman–Crippen LogP) is 4.32. The lowest BCUT2D eigenvalue weighted by molar-refractivity contribution is 0.475. The Bertz CT molecular complexity index is 645. The average Bonchev–Trinajstić information content (AvgIpc) is 2.33.